The minimum Gasteiger partial charge on any atom is -0.254 e. The molecule has 0 fully saturated rings. The number of rotatable bonds is 2. The van der Waals surface area contributed by atoms with Crippen molar-refractivity contribution in [1.29, 1.82) is 0 Å². The number of aromatic nitrogens is 1. The molecule has 116 valence electrons. The van der Waals surface area contributed by atoms with Crippen LogP contribution in [0.1, 0.15) is 37.6 Å². The van der Waals surface area contributed by atoms with E-state index in [-0.39, 0.29) is 5.41 Å². The van der Waals surface area contributed by atoms with E-state index in [0.29, 0.717) is 0 Å². The first-order chi connectivity index (χ1) is 10.9. The van der Waals surface area contributed by atoms with Gasteiger partial charge in [0.05, 0.1) is 23.1 Å². The number of aliphatic imine (C=N–C) groups is 1. The van der Waals surface area contributed by atoms with E-state index in [0.717, 1.165) is 22.3 Å². The second-order valence-corrected chi connectivity index (χ2v) is 6.91. The fourth-order valence-electron chi connectivity index (χ4n) is 2.72. The molecule has 2 heteroatoms. The Morgan fingerprint density at radius 1 is 0.913 bits per heavy atom. The molecule has 0 saturated heterocycles. The summed E-state index contributed by atoms with van der Waals surface area (Å²) in [6.07, 6.45) is 1.87. The lowest BCUT2D eigenvalue weighted by Crippen LogP contribution is -2.11. The van der Waals surface area contributed by atoms with E-state index in [9.17, 15) is 0 Å². The quantitative estimate of drug-likeness (QED) is 0.566. The average molecular weight is 302 g/mol. The fourth-order valence-corrected chi connectivity index (χ4v) is 2.72. The second kappa shape index (κ2) is 5.96. The summed E-state index contributed by atoms with van der Waals surface area (Å²) in [5.41, 5.74) is 5.44. The van der Waals surface area contributed by atoms with E-state index in [1.54, 1.807) is 0 Å². The third-order valence-electron chi connectivity index (χ3n) is 3.99. The molecule has 0 radical (unpaired) electrons. The summed E-state index contributed by atoms with van der Waals surface area (Å²) >= 11 is 0. The van der Waals surface area contributed by atoms with Crippen molar-refractivity contribution in [3.05, 3.63) is 71.4 Å². The molecule has 0 unspecified atom stereocenters. The molecule has 1 heterocycles. The van der Waals surface area contributed by atoms with E-state index < -0.39 is 0 Å². The molecule has 0 aliphatic carbocycles. The highest BCUT2D eigenvalue weighted by Crippen LogP contribution is 2.33. The Balaban J connectivity index is 2.02. The summed E-state index contributed by atoms with van der Waals surface area (Å²) in [6.45, 7) is 8.76. The Bertz CT molecular complexity index is 870. The first-order valence-corrected chi connectivity index (χ1v) is 7.95. The molecule has 1 aromatic heterocycles. The lowest BCUT2D eigenvalue weighted by Gasteiger charge is -2.22. The minimum atomic E-state index is 0.0650. The number of hydrogen-bond acceptors (Lipinski definition) is 2. The van der Waals surface area contributed by atoms with Crippen LogP contribution in [0.25, 0.3) is 10.9 Å². The largest absolute Gasteiger partial charge is 0.254 e. The number of benzene rings is 2. The highest BCUT2D eigenvalue weighted by molar-refractivity contribution is 5.86. The van der Waals surface area contributed by atoms with Crippen molar-refractivity contribution in [2.24, 2.45) is 4.99 Å². The van der Waals surface area contributed by atoms with Gasteiger partial charge < -0.3 is 0 Å². The van der Waals surface area contributed by atoms with E-state index in [1.807, 2.05) is 30.5 Å². The normalized spacial score (nSPS) is 12.2. The summed E-state index contributed by atoms with van der Waals surface area (Å²) < 4.78 is 0. The standard InChI is InChI=1S/C21H22N2/c1-15-8-7-10-18(21(2,3)4)20(15)22-14-17-13-12-16-9-5-6-11-19(16)23-17/h5-14H,1-4H3. The van der Waals surface area contributed by atoms with E-state index >= 15 is 0 Å². The summed E-state index contributed by atoms with van der Waals surface area (Å²) in [7, 11) is 0. The zero-order valence-corrected chi connectivity index (χ0v) is 14.2. The van der Waals surface area contributed by atoms with E-state index in [1.165, 1.54) is 11.1 Å². The molecule has 0 aliphatic rings. The molecule has 0 amide bonds. The summed E-state index contributed by atoms with van der Waals surface area (Å²) in [5, 5.41) is 1.15. The molecule has 0 atom stereocenters. The van der Waals surface area contributed by atoms with Crippen LogP contribution in [-0.4, -0.2) is 11.2 Å². The predicted octanol–water partition coefficient (Wildman–Crippen LogP) is 5.59. The van der Waals surface area contributed by atoms with Gasteiger partial charge in [0.2, 0.25) is 0 Å². The number of pyridine rings is 1. The molecule has 0 saturated carbocycles. The number of nitrogens with zero attached hydrogens (tertiary/aromatic N) is 2. The third kappa shape index (κ3) is 3.31. The van der Waals surface area contributed by atoms with Gasteiger partial charge in [-0.1, -0.05) is 63.2 Å². The van der Waals surface area contributed by atoms with Crippen LogP contribution in [0.3, 0.4) is 0 Å². The first kappa shape index (κ1) is 15.4. The maximum Gasteiger partial charge on any atom is 0.0820 e. The van der Waals surface area contributed by atoms with Gasteiger partial charge in [-0.25, -0.2) is 4.98 Å². The molecule has 0 N–H and O–H groups in total. The first-order valence-electron chi connectivity index (χ1n) is 7.95. The number of para-hydroxylation sites is 2. The van der Waals surface area contributed by atoms with Crippen molar-refractivity contribution < 1.29 is 0 Å². The van der Waals surface area contributed by atoms with Gasteiger partial charge in [-0.15, -0.1) is 0 Å². The van der Waals surface area contributed by atoms with Crippen LogP contribution in [-0.2, 0) is 5.41 Å². The van der Waals surface area contributed by atoms with Crippen LogP contribution in [0.2, 0.25) is 0 Å². The van der Waals surface area contributed by atoms with Gasteiger partial charge in [-0.05, 0) is 35.6 Å². The maximum atomic E-state index is 4.76. The van der Waals surface area contributed by atoms with Gasteiger partial charge in [0.15, 0.2) is 0 Å². The van der Waals surface area contributed by atoms with Crippen LogP contribution in [0.4, 0.5) is 5.69 Å². The molecule has 3 aromatic rings. The van der Waals surface area contributed by atoms with Gasteiger partial charge in [-0.3, -0.25) is 4.99 Å². The topological polar surface area (TPSA) is 25.2 Å². The molecule has 0 aliphatic heterocycles. The maximum absolute atomic E-state index is 4.76. The van der Waals surface area contributed by atoms with Crippen molar-refractivity contribution in [2.45, 2.75) is 33.1 Å². The van der Waals surface area contributed by atoms with Gasteiger partial charge in [0, 0.05) is 5.39 Å². The molecule has 0 bridgehead atoms. The fraction of sp³-hybridized carbons (Fsp3) is 0.238. The lowest BCUT2D eigenvalue weighted by atomic mass is 9.85. The van der Waals surface area contributed by atoms with Crippen molar-refractivity contribution >= 4 is 22.8 Å². The van der Waals surface area contributed by atoms with Gasteiger partial charge in [0.25, 0.3) is 0 Å². The Morgan fingerprint density at radius 3 is 2.48 bits per heavy atom. The molecule has 2 nitrogen and oxygen atoms in total. The van der Waals surface area contributed by atoms with Crippen molar-refractivity contribution in [1.82, 2.24) is 4.98 Å². The Kier molecular flexibility index (Phi) is 3.99. The smallest absolute Gasteiger partial charge is 0.0820 e. The summed E-state index contributed by atoms with van der Waals surface area (Å²) in [6, 6.07) is 18.6. The molecular formula is C21H22N2. The Labute approximate surface area is 137 Å². The van der Waals surface area contributed by atoms with Crippen LogP contribution in [0.5, 0.6) is 0 Å². The summed E-state index contributed by atoms with van der Waals surface area (Å²) in [4.78, 5) is 9.42. The summed E-state index contributed by atoms with van der Waals surface area (Å²) in [5.74, 6) is 0. The molecule has 23 heavy (non-hydrogen) atoms. The third-order valence-corrected chi connectivity index (χ3v) is 3.99. The molecular weight excluding hydrogens is 280 g/mol. The van der Waals surface area contributed by atoms with Gasteiger partial charge in [0.1, 0.15) is 0 Å². The van der Waals surface area contributed by atoms with Crippen LogP contribution in [0, 0.1) is 6.92 Å². The van der Waals surface area contributed by atoms with Crippen molar-refractivity contribution in [3.8, 4) is 0 Å². The van der Waals surface area contributed by atoms with Crippen LogP contribution >= 0.6 is 0 Å². The molecule has 2 aromatic carbocycles. The number of aryl methyl sites for hydroxylation is 1. The van der Waals surface area contributed by atoms with Gasteiger partial charge in [-0.2, -0.15) is 0 Å². The van der Waals surface area contributed by atoms with Crippen LogP contribution < -0.4 is 0 Å². The Morgan fingerprint density at radius 2 is 1.70 bits per heavy atom. The highest BCUT2D eigenvalue weighted by Gasteiger charge is 2.18. The SMILES string of the molecule is Cc1cccc(C(C)(C)C)c1N=Cc1ccc2ccccc2n1. The van der Waals surface area contributed by atoms with E-state index in [2.05, 4.69) is 63.0 Å². The van der Waals surface area contributed by atoms with Crippen LogP contribution in [0.15, 0.2) is 59.6 Å². The zero-order valence-electron chi connectivity index (χ0n) is 14.2. The average Bonchev–Trinajstić information content (AvgIpc) is 2.52. The van der Waals surface area contributed by atoms with Gasteiger partial charge >= 0.3 is 0 Å². The van der Waals surface area contributed by atoms with Crippen molar-refractivity contribution in [2.75, 3.05) is 0 Å². The highest BCUT2D eigenvalue weighted by atomic mass is 14.8. The second-order valence-electron chi connectivity index (χ2n) is 6.91. The number of hydrogen-bond donors (Lipinski definition) is 0. The van der Waals surface area contributed by atoms with Crippen molar-refractivity contribution in [3.63, 3.8) is 0 Å². The number of fused-ring (bicyclic) bond motifs is 1. The monoisotopic (exact) mass is 302 g/mol. The Hall–Kier alpha value is -2.48. The minimum absolute atomic E-state index is 0.0650. The zero-order chi connectivity index (χ0) is 16.4. The van der Waals surface area contributed by atoms with E-state index in [4.69, 9.17) is 4.99 Å². The molecule has 0 spiro atoms. The molecule has 3 rings (SSSR count). The predicted molar refractivity (Wildman–Crippen MR) is 98.9 cm³/mol. The lowest BCUT2D eigenvalue weighted by molar-refractivity contribution is 0.591.